The van der Waals surface area contributed by atoms with Crippen molar-refractivity contribution in [3.63, 3.8) is 0 Å². The van der Waals surface area contributed by atoms with Crippen LogP contribution in [0.15, 0.2) is 30.6 Å². The molecule has 0 fully saturated rings. The third-order valence-electron chi connectivity index (χ3n) is 2.96. The topological polar surface area (TPSA) is 50.9 Å². The molecule has 0 aromatic carbocycles. The quantitative estimate of drug-likeness (QED) is 0.901. The minimum atomic E-state index is -0.483. The first-order chi connectivity index (χ1) is 8.61. The van der Waals surface area contributed by atoms with Gasteiger partial charge in [0, 0.05) is 6.20 Å². The summed E-state index contributed by atoms with van der Waals surface area (Å²) in [7, 11) is 0. The lowest BCUT2D eigenvalue weighted by atomic mass is 10.1. The lowest BCUT2D eigenvalue weighted by molar-refractivity contribution is 0.169. The van der Waals surface area contributed by atoms with Gasteiger partial charge < -0.3 is 5.11 Å². The van der Waals surface area contributed by atoms with E-state index in [-0.39, 0.29) is 0 Å². The highest BCUT2D eigenvalue weighted by Gasteiger charge is 2.08. The Morgan fingerprint density at radius 3 is 2.50 bits per heavy atom. The lowest BCUT2D eigenvalue weighted by Gasteiger charge is -2.08. The number of pyridine rings is 1. The molecule has 2 rings (SSSR count). The van der Waals surface area contributed by atoms with Crippen molar-refractivity contribution in [3.8, 4) is 5.69 Å². The number of nitrogens with zero attached hydrogens (tertiary/aromatic N) is 3. The van der Waals surface area contributed by atoms with Gasteiger partial charge in [-0.15, -0.1) is 0 Å². The molecule has 4 heteroatoms. The van der Waals surface area contributed by atoms with E-state index in [2.05, 4.69) is 23.9 Å². The molecule has 4 nitrogen and oxygen atoms in total. The molecule has 0 aliphatic rings. The maximum atomic E-state index is 9.68. The van der Waals surface area contributed by atoms with Gasteiger partial charge in [0.2, 0.25) is 0 Å². The third kappa shape index (κ3) is 2.59. The lowest BCUT2D eigenvalue weighted by Crippen LogP contribution is -2.02. The molecule has 0 bridgehead atoms. The number of hydrogen-bond acceptors (Lipinski definition) is 3. The monoisotopic (exact) mass is 245 g/mol. The number of aromatic nitrogens is 3. The SMILES string of the molecule is CCC(O)c1ccc(-n2ccc(C(C)C)n2)cn1. The van der Waals surface area contributed by atoms with E-state index in [9.17, 15) is 5.11 Å². The summed E-state index contributed by atoms with van der Waals surface area (Å²) in [6.07, 6.45) is 3.86. The number of aliphatic hydroxyl groups excluding tert-OH is 1. The van der Waals surface area contributed by atoms with E-state index in [1.807, 2.05) is 36.0 Å². The smallest absolute Gasteiger partial charge is 0.0957 e. The summed E-state index contributed by atoms with van der Waals surface area (Å²) in [6.45, 7) is 6.17. The molecule has 1 unspecified atom stereocenters. The second-order valence-electron chi connectivity index (χ2n) is 4.71. The molecule has 0 radical (unpaired) electrons. The first-order valence-corrected chi connectivity index (χ1v) is 6.31. The normalized spacial score (nSPS) is 12.9. The molecular weight excluding hydrogens is 226 g/mol. The molecule has 0 saturated heterocycles. The molecule has 0 amide bonds. The van der Waals surface area contributed by atoms with Crippen molar-refractivity contribution in [2.75, 3.05) is 0 Å². The van der Waals surface area contributed by atoms with Gasteiger partial charge in [-0.2, -0.15) is 5.10 Å². The second kappa shape index (κ2) is 5.31. The van der Waals surface area contributed by atoms with Gasteiger partial charge in [0.1, 0.15) is 0 Å². The van der Waals surface area contributed by atoms with Crippen LogP contribution in [0.4, 0.5) is 0 Å². The Balaban J connectivity index is 2.23. The highest BCUT2D eigenvalue weighted by Crippen LogP contribution is 2.16. The van der Waals surface area contributed by atoms with Gasteiger partial charge in [-0.1, -0.05) is 20.8 Å². The Hall–Kier alpha value is -1.68. The van der Waals surface area contributed by atoms with Crippen molar-refractivity contribution >= 4 is 0 Å². The molecule has 2 heterocycles. The van der Waals surface area contributed by atoms with Crippen molar-refractivity contribution in [1.82, 2.24) is 14.8 Å². The van der Waals surface area contributed by atoms with Crippen molar-refractivity contribution in [2.45, 2.75) is 39.2 Å². The van der Waals surface area contributed by atoms with Crippen LogP contribution in [-0.4, -0.2) is 19.9 Å². The third-order valence-corrected chi connectivity index (χ3v) is 2.96. The summed E-state index contributed by atoms with van der Waals surface area (Å²) < 4.78 is 1.81. The minimum Gasteiger partial charge on any atom is -0.387 e. The molecule has 0 aliphatic heterocycles. The molecule has 96 valence electrons. The first kappa shape index (κ1) is 12.8. The van der Waals surface area contributed by atoms with Crippen LogP contribution in [0.25, 0.3) is 5.69 Å². The highest BCUT2D eigenvalue weighted by atomic mass is 16.3. The van der Waals surface area contributed by atoms with Crippen LogP contribution in [0.2, 0.25) is 0 Å². The van der Waals surface area contributed by atoms with E-state index in [0.717, 1.165) is 11.4 Å². The van der Waals surface area contributed by atoms with E-state index < -0.39 is 6.10 Å². The molecule has 0 saturated carbocycles. The largest absolute Gasteiger partial charge is 0.387 e. The van der Waals surface area contributed by atoms with E-state index in [1.54, 1.807) is 6.20 Å². The molecule has 2 aromatic rings. The fraction of sp³-hybridized carbons (Fsp3) is 0.429. The Morgan fingerprint density at radius 1 is 1.22 bits per heavy atom. The van der Waals surface area contributed by atoms with E-state index in [4.69, 9.17) is 0 Å². The summed E-state index contributed by atoms with van der Waals surface area (Å²) in [5.41, 5.74) is 2.68. The van der Waals surface area contributed by atoms with Crippen LogP contribution >= 0.6 is 0 Å². The highest BCUT2D eigenvalue weighted by molar-refractivity contribution is 5.29. The maximum Gasteiger partial charge on any atom is 0.0957 e. The molecule has 1 N–H and O–H groups in total. The second-order valence-corrected chi connectivity index (χ2v) is 4.71. The standard InChI is InChI=1S/C14H19N3O/c1-4-14(18)13-6-5-11(9-15-13)17-8-7-12(16-17)10(2)3/h5-10,14,18H,4H2,1-3H3. The maximum absolute atomic E-state index is 9.68. The molecular formula is C14H19N3O. The van der Waals surface area contributed by atoms with Gasteiger partial charge in [0.05, 0.1) is 29.4 Å². The van der Waals surface area contributed by atoms with Crippen LogP contribution in [0, 0.1) is 0 Å². The predicted molar refractivity (Wildman–Crippen MR) is 70.7 cm³/mol. The first-order valence-electron chi connectivity index (χ1n) is 6.31. The zero-order valence-electron chi connectivity index (χ0n) is 11.0. The van der Waals surface area contributed by atoms with Gasteiger partial charge in [0.25, 0.3) is 0 Å². The van der Waals surface area contributed by atoms with Crippen LogP contribution in [0.3, 0.4) is 0 Å². The van der Waals surface area contributed by atoms with Gasteiger partial charge >= 0.3 is 0 Å². The summed E-state index contributed by atoms with van der Waals surface area (Å²) >= 11 is 0. The van der Waals surface area contributed by atoms with E-state index >= 15 is 0 Å². The van der Waals surface area contributed by atoms with E-state index in [1.165, 1.54) is 0 Å². The number of aliphatic hydroxyl groups is 1. The summed E-state index contributed by atoms with van der Waals surface area (Å²) in [6, 6.07) is 5.79. The van der Waals surface area contributed by atoms with Crippen LogP contribution < -0.4 is 0 Å². The molecule has 2 aromatic heterocycles. The average molecular weight is 245 g/mol. The Bertz CT molecular complexity index is 502. The van der Waals surface area contributed by atoms with Crippen molar-refractivity contribution < 1.29 is 5.11 Å². The molecule has 0 aliphatic carbocycles. The van der Waals surface area contributed by atoms with Gasteiger partial charge in [-0.05, 0) is 30.5 Å². The minimum absolute atomic E-state index is 0.417. The summed E-state index contributed by atoms with van der Waals surface area (Å²) in [5, 5.41) is 14.2. The zero-order valence-corrected chi connectivity index (χ0v) is 11.0. The van der Waals surface area contributed by atoms with Crippen molar-refractivity contribution in [3.05, 3.63) is 42.0 Å². The van der Waals surface area contributed by atoms with Gasteiger partial charge in [-0.3, -0.25) is 4.98 Å². The number of rotatable bonds is 4. The predicted octanol–water partition coefficient (Wildman–Crippen LogP) is 2.83. The summed E-state index contributed by atoms with van der Waals surface area (Å²) in [4.78, 5) is 4.27. The zero-order chi connectivity index (χ0) is 13.1. The Kier molecular flexibility index (Phi) is 3.77. The molecule has 0 spiro atoms. The Morgan fingerprint density at radius 2 is 2.00 bits per heavy atom. The fourth-order valence-corrected chi connectivity index (χ4v) is 1.73. The van der Waals surface area contributed by atoms with Gasteiger partial charge in [-0.25, -0.2) is 4.68 Å². The Labute approximate surface area is 107 Å². The molecule has 1 atom stereocenters. The van der Waals surface area contributed by atoms with Crippen molar-refractivity contribution in [2.24, 2.45) is 0 Å². The molecule has 18 heavy (non-hydrogen) atoms. The van der Waals surface area contributed by atoms with Crippen LogP contribution in [0.5, 0.6) is 0 Å². The van der Waals surface area contributed by atoms with Crippen LogP contribution in [0.1, 0.15) is 50.6 Å². The average Bonchev–Trinajstić information content (AvgIpc) is 2.88. The van der Waals surface area contributed by atoms with Crippen molar-refractivity contribution in [1.29, 1.82) is 0 Å². The van der Waals surface area contributed by atoms with Crippen LogP contribution in [-0.2, 0) is 0 Å². The van der Waals surface area contributed by atoms with E-state index in [0.29, 0.717) is 18.0 Å². The summed E-state index contributed by atoms with van der Waals surface area (Å²) in [5.74, 6) is 0.417. The van der Waals surface area contributed by atoms with Gasteiger partial charge in [0.15, 0.2) is 0 Å². The number of hydrogen-bond donors (Lipinski definition) is 1. The fourth-order valence-electron chi connectivity index (χ4n) is 1.73.